The zero-order valence-corrected chi connectivity index (χ0v) is 5.93. The summed E-state index contributed by atoms with van der Waals surface area (Å²) in [6, 6.07) is 0. The molecule has 2 fully saturated rings. The second-order valence-corrected chi connectivity index (χ2v) is 4.13. The number of hydrogen-bond acceptors (Lipinski definition) is 1. The van der Waals surface area contributed by atoms with Crippen molar-refractivity contribution in [3.63, 3.8) is 0 Å². The normalized spacial score (nSPS) is 44.7. The maximum atomic E-state index is 8.96. The van der Waals surface area contributed by atoms with Gasteiger partial charge in [0.15, 0.2) is 0 Å². The fourth-order valence-electron chi connectivity index (χ4n) is 2.29. The SMILES string of the molecule is CC1(CO)C[C@@H]2C[C@H]2C1. The van der Waals surface area contributed by atoms with Gasteiger partial charge in [-0.05, 0) is 36.5 Å². The minimum Gasteiger partial charge on any atom is -0.396 e. The maximum Gasteiger partial charge on any atom is 0.0484 e. The number of rotatable bonds is 1. The molecular formula is C8H14O. The molecule has 0 aromatic rings. The van der Waals surface area contributed by atoms with Gasteiger partial charge in [-0.3, -0.25) is 0 Å². The zero-order valence-electron chi connectivity index (χ0n) is 5.93. The van der Waals surface area contributed by atoms with Gasteiger partial charge in [-0.25, -0.2) is 0 Å². The Balaban J connectivity index is 2.02. The predicted octanol–water partition coefficient (Wildman–Crippen LogP) is 1.41. The first-order valence-electron chi connectivity index (χ1n) is 3.84. The van der Waals surface area contributed by atoms with Crippen molar-refractivity contribution in [1.82, 2.24) is 0 Å². The molecule has 0 aromatic heterocycles. The summed E-state index contributed by atoms with van der Waals surface area (Å²) in [5.74, 6) is 2.00. The highest BCUT2D eigenvalue weighted by Gasteiger charge is 2.51. The smallest absolute Gasteiger partial charge is 0.0484 e. The van der Waals surface area contributed by atoms with Crippen LogP contribution in [0.1, 0.15) is 26.2 Å². The average Bonchev–Trinajstić information content (AvgIpc) is 2.42. The highest BCUT2D eigenvalue weighted by molar-refractivity contribution is 5.01. The lowest BCUT2D eigenvalue weighted by Crippen LogP contribution is -2.18. The van der Waals surface area contributed by atoms with Gasteiger partial charge in [0.05, 0.1) is 0 Å². The van der Waals surface area contributed by atoms with Crippen LogP contribution in [0.2, 0.25) is 0 Å². The Labute approximate surface area is 56.1 Å². The van der Waals surface area contributed by atoms with Gasteiger partial charge in [-0.2, -0.15) is 0 Å². The average molecular weight is 126 g/mol. The monoisotopic (exact) mass is 126 g/mol. The first-order chi connectivity index (χ1) is 4.23. The third-order valence-electron chi connectivity index (χ3n) is 2.96. The molecular weight excluding hydrogens is 112 g/mol. The van der Waals surface area contributed by atoms with Crippen LogP contribution in [0, 0.1) is 17.3 Å². The highest BCUT2D eigenvalue weighted by atomic mass is 16.3. The Hall–Kier alpha value is -0.0400. The van der Waals surface area contributed by atoms with Crippen LogP contribution < -0.4 is 0 Å². The van der Waals surface area contributed by atoms with Gasteiger partial charge in [-0.15, -0.1) is 0 Å². The van der Waals surface area contributed by atoms with Crippen molar-refractivity contribution in [3.8, 4) is 0 Å². The minimum atomic E-state index is 0.313. The zero-order chi connectivity index (χ0) is 6.48. The molecule has 0 heterocycles. The van der Waals surface area contributed by atoms with Gasteiger partial charge in [-0.1, -0.05) is 6.92 Å². The molecule has 0 spiro atoms. The number of aliphatic hydroxyl groups is 1. The van der Waals surface area contributed by atoms with Crippen LogP contribution in [-0.2, 0) is 0 Å². The van der Waals surface area contributed by atoms with Gasteiger partial charge < -0.3 is 5.11 Å². The second kappa shape index (κ2) is 1.51. The molecule has 2 aliphatic rings. The molecule has 0 unspecified atom stereocenters. The Kier molecular flexibility index (Phi) is 0.963. The largest absolute Gasteiger partial charge is 0.396 e. The molecule has 2 atom stereocenters. The van der Waals surface area contributed by atoms with Gasteiger partial charge in [0.1, 0.15) is 0 Å². The Bertz CT molecular complexity index is 121. The molecule has 2 saturated carbocycles. The van der Waals surface area contributed by atoms with Gasteiger partial charge in [0.25, 0.3) is 0 Å². The summed E-state index contributed by atoms with van der Waals surface area (Å²) in [5.41, 5.74) is 0.313. The summed E-state index contributed by atoms with van der Waals surface area (Å²) < 4.78 is 0. The molecule has 52 valence electrons. The lowest BCUT2D eigenvalue weighted by molar-refractivity contribution is 0.135. The summed E-state index contributed by atoms with van der Waals surface area (Å²) in [7, 11) is 0. The molecule has 0 radical (unpaired) electrons. The van der Waals surface area contributed by atoms with E-state index in [4.69, 9.17) is 5.11 Å². The van der Waals surface area contributed by atoms with Crippen LogP contribution >= 0.6 is 0 Å². The summed E-state index contributed by atoms with van der Waals surface area (Å²) in [4.78, 5) is 0. The van der Waals surface area contributed by atoms with E-state index in [0.29, 0.717) is 12.0 Å². The lowest BCUT2D eigenvalue weighted by Gasteiger charge is -2.21. The van der Waals surface area contributed by atoms with Gasteiger partial charge in [0, 0.05) is 6.61 Å². The Morgan fingerprint density at radius 1 is 1.44 bits per heavy atom. The molecule has 0 aliphatic heterocycles. The number of hydrogen-bond donors (Lipinski definition) is 1. The van der Waals surface area contributed by atoms with Crippen molar-refractivity contribution in [3.05, 3.63) is 0 Å². The van der Waals surface area contributed by atoms with Crippen molar-refractivity contribution in [1.29, 1.82) is 0 Å². The first-order valence-corrected chi connectivity index (χ1v) is 3.84. The molecule has 1 N–H and O–H groups in total. The molecule has 0 bridgehead atoms. The number of aliphatic hydroxyl groups excluding tert-OH is 1. The van der Waals surface area contributed by atoms with Crippen molar-refractivity contribution in [2.24, 2.45) is 17.3 Å². The topological polar surface area (TPSA) is 20.2 Å². The molecule has 0 aromatic carbocycles. The van der Waals surface area contributed by atoms with Crippen LogP contribution in [0.4, 0.5) is 0 Å². The van der Waals surface area contributed by atoms with E-state index in [0.717, 1.165) is 11.8 Å². The quantitative estimate of drug-likeness (QED) is 0.563. The van der Waals surface area contributed by atoms with Crippen LogP contribution in [-0.4, -0.2) is 11.7 Å². The van der Waals surface area contributed by atoms with E-state index in [2.05, 4.69) is 6.92 Å². The highest BCUT2D eigenvalue weighted by Crippen LogP contribution is 2.59. The molecule has 1 heteroatoms. The van der Waals surface area contributed by atoms with E-state index in [1.165, 1.54) is 19.3 Å². The summed E-state index contributed by atoms with van der Waals surface area (Å²) in [6.45, 7) is 2.61. The fourth-order valence-corrected chi connectivity index (χ4v) is 2.29. The second-order valence-electron chi connectivity index (χ2n) is 4.13. The third kappa shape index (κ3) is 0.787. The van der Waals surface area contributed by atoms with Crippen LogP contribution in [0.25, 0.3) is 0 Å². The molecule has 0 amide bonds. The molecule has 2 aliphatic carbocycles. The van der Waals surface area contributed by atoms with Crippen molar-refractivity contribution in [2.75, 3.05) is 6.61 Å². The number of fused-ring (bicyclic) bond motifs is 1. The minimum absolute atomic E-state index is 0.313. The molecule has 0 saturated heterocycles. The van der Waals surface area contributed by atoms with E-state index >= 15 is 0 Å². The first kappa shape index (κ1) is 5.72. The van der Waals surface area contributed by atoms with Crippen molar-refractivity contribution < 1.29 is 5.11 Å². The molecule has 2 rings (SSSR count). The van der Waals surface area contributed by atoms with Gasteiger partial charge >= 0.3 is 0 Å². The summed E-state index contributed by atoms with van der Waals surface area (Å²) in [5, 5.41) is 8.96. The van der Waals surface area contributed by atoms with Crippen molar-refractivity contribution >= 4 is 0 Å². The van der Waals surface area contributed by atoms with Gasteiger partial charge in [0.2, 0.25) is 0 Å². The van der Waals surface area contributed by atoms with Crippen LogP contribution in [0.3, 0.4) is 0 Å². The maximum absolute atomic E-state index is 8.96. The van der Waals surface area contributed by atoms with E-state index < -0.39 is 0 Å². The van der Waals surface area contributed by atoms with E-state index in [-0.39, 0.29) is 0 Å². The third-order valence-corrected chi connectivity index (χ3v) is 2.96. The van der Waals surface area contributed by atoms with E-state index in [1.807, 2.05) is 0 Å². The lowest BCUT2D eigenvalue weighted by atomic mass is 9.86. The standard InChI is InChI=1S/C8H14O/c1-8(5-9)3-6-2-7(6)4-8/h6-7,9H,2-5H2,1H3/t6-,7-/m0/s1. The molecule has 1 nitrogen and oxygen atoms in total. The fraction of sp³-hybridized carbons (Fsp3) is 1.00. The van der Waals surface area contributed by atoms with E-state index in [1.54, 1.807) is 0 Å². The van der Waals surface area contributed by atoms with Crippen LogP contribution in [0.5, 0.6) is 0 Å². The summed E-state index contributed by atoms with van der Waals surface area (Å²) in [6.07, 6.45) is 4.03. The van der Waals surface area contributed by atoms with Crippen LogP contribution in [0.15, 0.2) is 0 Å². The molecule has 9 heavy (non-hydrogen) atoms. The van der Waals surface area contributed by atoms with Crippen molar-refractivity contribution in [2.45, 2.75) is 26.2 Å². The predicted molar refractivity (Wildman–Crippen MR) is 36.0 cm³/mol. The summed E-state index contributed by atoms with van der Waals surface area (Å²) >= 11 is 0. The Morgan fingerprint density at radius 2 is 2.00 bits per heavy atom. The van der Waals surface area contributed by atoms with E-state index in [9.17, 15) is 0 Å². The Morgan fingerprint density at radius 3 is 2.33 bits per heavy atom.